The molecule has 0 radical (unpaired) electrons. The van der Waals surface area contributed by atoms with E-state index in [-0.39, 0.29) is 0 Å². The summed E-state index contributed by atoms with van der Waals surface area (Å²) in [5, 5.41) is 9.66. The van der Waals surface area contributed by atoms with Crippen LogP contribution in [0.25, 0.3) is 21.8 Å². The molecule has 36 heavy (non-hydrogen) atoms. The number of primary amides is 1. The molecule has 0 bridgehead atoms. The number of amides is 1. The lowest BCUT2D eigenvalue weighted by atomic mass is 10.1. The molecule has 182 valence electrons. The first-order valence-electron chi connectivity index (χ1n) is 11.8. The molecule has 0 saturated carbocycles. The Hall–Kier alpha value is -4.59. The van der Waals surface area contributed by atoms with Crippen molar-refractivity contribution < 1.29 is 14.3 Å². The molecule has 0 aliphatic rings. The number of carbonyl (C=O) groups is 1. The van der Waals surface area contributed by atoms with E-state index in [0.29, 0.717) is 46.8 Å². The van der Waals surface area contributed by atoms with Crippen LogP contribution >= 0.6 is 0 Å². The lowest BCUT2D eigenvalue weighted by molar-refractivity contribution is 0.100. The van der Waals surface area contributed by atoms with Crippen molar-refractivity contribution in [2.45, 2.75) is 19.9 Å². The van der Waals surface area contributed by atoms with E-state index in [1.807, 2.05) is 71.5 Å². The Balaban J connectivity index is 1.48. The van der Waals surface area contributed by atoms with Crippen LogP contribution in [0.2, 0.25) is 0 Å². The highest BCUT2D eigenvalue weighted by atomic mass is 16.5. The second-order valence-electron chi connectivity index (χ2n) is 8.34. The van der Waals surface area contributed by atoms with Crippen molar-refractivity contribution in [2.24, 2.45) is 5.73 Å². The molecular weight excluding hydrogens is 454 g/mol. The van der Waals surface area contributed by atoms with Crippen LogP contribution in [0.15, 0.2) is 73.1 Å². The summed E-state index contributed by atoms with van der Waals surface area (Å²) in [6, 6.07) is 19.6. The van der Waals surface area contributed by atoms with Crippen LogP contribution in [0.4, 0.5) is 11.4 Å². The molecule has 8 heteroatoms. The van der Waals surface area contributed by atoms with Crippen LogP contribution < -0.4 is 20.5 Å². The van der Waals surface area contributed by atoms with Crippen LogP contribution in [0.5, 0.6) is 11.5 Å². The second-order valence-corrected chi connectivity index (χ2v) is 8.34. The number of aryl methyl sites for hydroxylation is 1. The van der Waals surface area contributed by atoms with Crippen molar-refractivity contribution in [1.29, 1.82) is 0 Å². The van der Waals surface area contributed by atoms with E-state index in [2.05, 4.69) is 22.3 Å². The normalized spacial score (nSPS) is 11.1. The van der Waals surface area contributed by atoms with Gasteiger partial charge >= 0.3 is 0 Å². The molecule has 0 aliphatic heterocycles. The van der Waals surface area contributed by atoms with Crippen LogP contribution in [0.1, 0.15) is 22.8 Å². The average molecular weight is 482 g/mol. The van der Waals surface area contributed by atoms with Crippen molar-refractivity contribution in [3.63, 3.8) is 0 Å². The molecule has 2 aromatic heterocycles. The van der Waals surface area contributed by atoms with Gasteiger partial charge in [0.05, 0.1) is 42.1 Å². The van der Waals surface area contributed by atoms with Crippen molar-refractivity contribution in [3.05, 3.63) is 84.2 Å². The van der Waals surface area contributed by atoms with E-state index in [1.165, 1.54) is 6.20 Å². The fourth-order valence-electron chi connectivity index (χ4n) is 4.33. The van der Waals surface area contributed by atoms with Crippen molar-refractivity contribution in [1.82, 2.24) is 14.8 Å². The summed E-state index contributed by atoms with van der Waals surface area (Å²) in [4.78, 5) is 16.7. The Morgan fingerprint density at radius 3 is 2.67 bits per heavy atom. The van der Waals surface area contributed by atoms with Gasteiger partial charge in [0, 0.05) is 28.7 Å². The molecule has 0 unspecified atom stereocenters. The van der Waals surface area contributed by atoms with Crippen molar-refractivity contribution in [3.8, 4) is 11.5 Å². The molecule has 5 rings (SSSR count). The molecule has 0 atom stereocenters. The number of methoxy groups -OCH3 is 1. The molecular formula is C28H27N5O3. The molecule has 8 nitrogen and oxygen atoms in total. The third kappa shape index (κ3) is 4.40. The SMILES string of the molecule is CCc1ccccc1Nc1c(C(N)=O)cnc2cc(OCCn3ncc4ccccc43)c(OC)cc12. The maximum Gasteiger partial charge on any atom is 0.252 e. The van der Waals surface area contributed by atoms with Crippen LogP contribution in [0.3, 0.4) is 0 Å². The first-order chi connectivity index (χ1) is 17.6. The first-order valence-corrected chi connectivity index (χ1v) is 11.8. The summed E-state index contributed by atoms with van der Waals surface area (Å²) in [7, 11) is 1.58. The Bertz CT molecular complexity index is 1560. The molecule has 3 aromatic carbocycles. The van der Waals surface area contributed by atoms with E-state index in [4.69, 9.17) is 15.2 Å². The topological polar surface area (TPSA) is 104 Å². The number of aromatic nitrogens is 3. The van der Waals surface area contributed by atoms with Gasteiger partial charge in [-0.05, 0) is 30.2 Å². The van der Waals surface area contributed by atoms with Gasteiger partial charge < -0.3 is 20.5 Å². The lowest BCUT2D eigenvalue weighted by Gasteiger charge is -2.17. The smallest absolute Gasteiger partial charge is 0.252 e. The minimum absolute atomic E-state index is 0.301. The summed E-state index contributed by atoms with van der Waals surface area (Å²) in [5.41, 5.74) is 10.3. The van der Waals surface area contributed by atoms with E-state index in [9.17, 15) is 4.79 Å². The predicted octanol–water partition coefficient (Wildman–Crippen LogP) is 5.08. The summed E-state index contributed by atoms with van der Waals surface area (Å²) in [6.07, 6.45) is 4.18. The summed E-state index contributed by atoms with van der Waals surface area (Å²) in [5.74, 6) is 0.524. The number of nitrogens with one attached hydrogen (secondary N) is 1. The number of para-hydroxylation sites is 2. The summed E-state index contributed by atoms with van der Waals surface area (Å²) in [6.45, 7) is 3.05. The minimum atomic E-state index is -0.563. The molecule has 3 N–H and O–H groups in total. The Morgan fingerprint density at radius 1 is 1.06 bits per heavy atom. The van der Waals surface area contributed by atoms with Gasteiger partial charge in [-0.2, -0.15) is 5.10 Å². The Morgan fingerprint density at radius 2 is 1.86 bits per heavy atom. The number of anilines is 2. The van der Waals surface area contributed by atoms with E-state index in [1.54, 1.807) is 7.11 Å². The monoisotopic (exact) mass is 481 g/mol. The summed E-state index contributed by atoms with van der Waals surface area (Å²) < 4.78 is 13.6. The standard InChI is InChI=1S/C28H27N5O3/c1-3-18-8-4-6-10-22(18)32-27-20-14-25(35-2)26(15-23(20)30-17-21(27)28(29)34)36-13-12-33-24-11-7-5-9-19(24)16-31-33/h4-11,14-17H,3,12-13H2,1-2H3,(H2,29,34)(H,30,32). The number of fused-ring (bicyclic) bond motifs is 2. The van der Waals surface area contributed by atoms with Crippen LogP contribution in [0, 0.1) is 0 Å². The Labute approximate surface area is 208 Å². The second kappa shape index (κ2) is 9.95. The van der Waals surface area contributed by atoms with Crippen molar-refractivity contribution in [2.75, 3.05) is 19.0 Å². The van der Waals surface area contributed by atoms with E-state index >= 15 is 0 Å². The fraction of sp³-hybridized carbons (Fsp3) is 0.179. The first kappa shape index (κ1) is 23.2. The van der Waals surface area contributed by atoms with Gasteiger partial charge in [0.1, 0.15) is 6.61 Å². The van der Waals surface area contributed by atoms with Crippen LogP contribution in [-0.4, -0.2) is 34.4 Å². The molecule has 0 saturated heterocycles. The lowest BCUT2D eigenvalue weighted by Crippen LogP contribution is -2.14. The molecule has 1 amide bonds. The van der Waals surface area contributed by atoms with Gasteiger partial charge in [-0.3, -0.25) is 14.5 Å². The van der Waals surface area contributed by atoms with Gasteiger partial charge in [0.15, 0.2) is 11.5 Å². The van der Waals surface area contributed by atoms with Gasteiger partial charge in [-0.15, -0.1) is 0 Å². The number of pyridine rings is 1. The maximum absolute atomic E-state index is 12.3. The Kier molecular flexibility index (Phi) is 6.40. The van der Waals surface area contributed by atoms with Gasteiger partial charge in [-0.25, -0.2) is 0 Å². The zero-order chi connectivity index (χ0) is 25.1. The number of hydrogen-bond donors (Lipinski definition) is 2. The molecule has 0 spiro atoms. The van der Waals surface area contributed by atoms with E-state index < -0.39 is 5.91 Å². The molecule has 0 aliphatic carbocycles. The average Bonchev–Trinajstić information content (AvgIpc) is 3.31. The number of ether oxygens (including phenoxy) is 2. The fourth-order valence-corrected chi connectivity index (χ4v) is 4.33. The highest BCUT2D eigenvalue weighted by Crippen LogP contribution is 2.37. The van der Waals surface area contributed by atoms with Gasteiger partial charge in [0.2, 0.25) is 0 Å². The zero-order valence-electron chi connectivity index (χ0n) is 20.2. The van der Waals surface area contributed by atoms with E-state index in [0.717, 1.165) is 28.6 Å². The molecule has 2 heterocycles. The number of nitrogens with two attached hydrogens (primary N) is 1. The zero-order valence-corrected chi connectivity index (χ0v) is 20.2. The van der Waals surface area contributed by atoms with Crippen molar-refractivity contribution >= 4 is 39.1 Å². The summed E-state index contributed by atoms with van der Waals surface area (Å²) >= 11 is 0. The van der Waals surface area contributed by atoms with Crippen LogP contribution in [-0.2, 0) is 13.0 Å². The number of carbonyl (C=O) groups excluding carboxylic acids is 1. The predicted molar refractivity (Wildman–Crippen MR) is 141 cm³/mol. The quantitative estimate of drug-likeness (QED) is 0.304. The number of rotatable bonds is 9. The van der Waals surface area contributed by atoms with Gasteiger partial charge in [-0.1, -0.05) is 43.3 Å². The van der Waals surface area contributed by atoms with Gasteiger partial charge in [0.25, 0.3) is 5.91 Å². The number of hydrogen-bond acceptors (Lipinski definition) is 6. The molecule has 0 fully saturated rings. The maximum atomic E-state index is 12.3. The largest absolute Gasteiger partial charge is 0.493 e. The molecule has 5 aromatic rings. The number of benzene rings is 3. The number of nitrogens with zero attached hydrogens (tertiary/aromatic N) is 3. The highest BCUT2D eigenvalue weighted by molar-refractivity contribution is 6.08. The minimum Gasteiger partial charge on any atom is -0.493 e. The third-order valence-electron chi connectivity index (χ3n) is 6.19. The highest BCUT2D eigenvalue weighted by Gasteiger charge is 2.18. The third-order valence-corrected chi connectivity index (χ3v) is 6.19.